The van der Waals surface area contributed by atoms with Gasteiger partial charge in [0.15, 0.2) is 0 Å². The van der Waals surface area contributed by atoms with Crippen molar-refractivity contribution in [1.29, 1.82) is 0 Å². The number of aliphatic carboxylic acids is 1. The summed E-state index contributed by atoms with van der Waals surface area (Å²) in [6.45, 7) is 0.402. The minimum atomic E-state index is -0.966. The van der Waals surface area contributed by atoms with Gasteiger partial charge in [-0.05, 0) is 40.8 Å². The molecular formula is C11H13BrN2O3S. The maximum Gasteiger partial charge on any atom is 0.326 e. The molecular weight excluding hydrogens is 320 g/mol. The lowest BCUT2D eigenvalue weighted by atomic mass is 10.2. The van der Waals surface area contributed by atoms with Crippen LogP contribution in [0.25, 0.3) is 0 Å². The van der Waals surface area contributed by atoms with E-state index in [-0.39, 0.29) is 5.92 Å². The molecule has 1 aromatic rings. The van der Waals surface area contributed by atoms with Crippen molar-refractivity contribution in [3.8, 4) is 0 Å². The summed E-state index contributed by atoms with van der Waals surface area (Å²) in [5, 5.41) is 16.1. The van der Waals surface area contributed by atoms with Crippen molar-refractivity contribution in [1.82, 2.24) is 10.6 Å². The first-order chi connectivity index (χ1) is 8.56. The first kappa shape index (κ1) is 13.4. The van der Waals surface area contributed by atoms with Crippen molar-refractivity contribution in [3.05, 3.63) is 20.8 Å². The monoisotopic (exact) mass is 332 g/mol. The van der Waals surface area contributed by atoms with E-state index in [1.807, 2.05) is 11.4 Å². The highest BCUT2D eigenvalue weighted by atomic mass is 79.9. The Hall–Kier alpha value is -1.08. The second-order valence-electron chi connectivity index (χ2n) is 4.21. The number of nitrogens with one attached hydrogen (secondary N) is 2. The zero-order valence-corrected chi connectivity index (χ0v) is 11.9. The molecule has 1 atom stereocenters. The van der Waals surface area contributed by atoms with Crippen LogP contribution in [0.15, 0.2) is 15.9 Å². The van der Waals surface area contributed by atoms with E-state index in [0.717, 1.165) is 22.2 Å². The lowest BCUT2D eigenvalue weighted by molar-refractivity contribution is -0.139. The standard InChI is InChI=1S/C11H13BrN2O3S/c12-7-3-8(18-5-7)4-13-11(17)14-9(10(15)16)6-1-2-6/h3,5-6,9H,1-2,4H2,(H,15,16)(H2,13,14,17). The summed E-state index contributed by atoms with van der Waals surface area (Å²) in [5.74, 6) is -0.879. The molecule has 0 bridgehead atoms. The van der Waals surface area contributed by atoms with E-state index in [4.69, 9.17) is 5.11 Å². The normalized spacial score (nSPS) is 16.1. The Balaban J connectivity index is 1.79. The summed E-state index contributed by atoms with van der Waals surface area (Å²) in [6, 6.07) is 0.722. The van der Waals surface area contributed by atoms with Crippen LogP contribution in [0.2, 0.25) is 0 Å². The predicted octanol–water partition coefficient (Wildman–Crippen LogP) is 2.17. The molecule has 3 N–H and O–H groups in total. The highest BCUT2D eigenvalue weighted by molar-refractivity contribution is 9.10. The fourth-order valence-corrected chi connectivity index (χ4v) is 3.01. The molecule has 1 heterocycles. The lowest BCUT2D eigenvalue weighted by Gasteiger charge is -2.13. The van der Waals surface area contributed by atoms with Crippen molar-refractivity contribution >= 4 is 39.3 Å². The molecule has 7 heteroatoms. The predicted molar refractivity (Wildman–Crippen MR) is 71.5 cm³/mol. The number of carboxylic acid groups (broad SMARTS) is 1. The molecule has 1 fully saturated rings. The van der Waals surface area contributed by atoms with E-state index in [1.54, 1.807) is 0 Å². The van der Waals surface area contributed by atoms with Crippen LogP contribution in [0.5, 0.6) is 0 Å². The molecule has 1 unspecified atom stereocenters. The van der Waals surface area contributed by atoms with Crippen LogP contribution in [0, 0.1) is 5.92 Å². The number of urea groups is 1. The molecule has 0 aliphatic heterocycles. The Morgan fingerprint density at radius 1 is 1.56 bits per heavy atom. The Labute approximate surface area is 117 Å². The molecule has 0 saturated heterocycles. The van der Waals surface area contributed by atoms with Crippen LogP contribution in [0.4, 0.5) is 4.79 Å². The quantitative estimate of drug-likeness (QED) is 0.773. The average molecular weight is 333 g/mol. The summed E-state index contributed by atoms with van der Waals surface area (Å²) in [6.07, 6.45) is 1.74. The van der Waals surface area contributed by atoms with Gasteiger partial charge in [-0.15, -0.1) is 11.3 Å². The number of hydrogen-bond donors (Lipinski definition) is 3. The molecule has 2 amide bonds. The Morgan fingerprint density at radius 3 is 2.78 bits per heavy atom. The molecule has 1 aromatic heterocycles. The summed E-state index contributed by atoms with van der Waals surface area (Å²) < 4.78 is 0.978. The van der Waals surface area contributed by atoms with Crippen LogP contribution in [-0.4, -0.2) is 23.1 Å². The van der Waals surface area contributed by atoms with E-state index in [9.17, 15) is 9.59 Å². The molecule has 5 nitrogen and oxygen atoms in total. The van der Waals surface area contributed by atoms with Gasteiger partial charge in [0.2, 0.25) is 0 Å². The van der Waals surface area contributed by atoms with E-state index >= 15 is 0 Å². The largest absolute Gasteiger partial charge is 0.480 e. The third-order valence-electron chi connectivity index (χ3n) is 2.69. The number of hydrogen-bond acceptors (Lipinski definition) is 3. The number of rotatable bonds is 5. The van der Waals surface area contributed by atoms with Gasteiger partial charge < -0.3 is 15.7 Å². The van der Waals surface area contributed by atoms with Crippen molar-refractivity contribution in [2.45, 2.75) is 25.4 Å². The second-order valence-corrected chi connectivity index (χ2v) is 6.12. The first-order valence-electron chi connectivity index (χ1n) is 5.56. The number of carbonyl (C=O) groups excluding carboxylic acids is 1. The number of halogens is 1. The van der Waals surface area contributed by atoms with Crippen LogP contribution in [0.1, 0.15) is 17.7 Å². The number of thiophene rings is 1. The van der Waals surface area contributed by atoms with Crippen LogP contribution < -0.4 is 10.6 Å². The van der Waals surface area contributed by atoms with Gasteiger partial charge in [-0.2, -0.15) is 0 Å². The minimum Gasteiger partial charge on any atom is -0.480 e. The first-order valence-corrected chi connectivity index (χ1v) is 7.23. The van der Waals surface area contributed by atoms with Crippen molar-refractivity contribution < 1.29 is 14.7 Å². The van der Waals surface area contributed by atoms with Crippen molar-refractivity contribution in [2.24, 2.45) is 5.92 Å². The zero-order chi connectivity index (χ0) is 13.1. The topological polar surface area (TPSA) is 78.4 Å². The van der Waals surface area contributed by atoms with Gasteiger partial charge in [-0.3, -0.25) is 0 Å². The highest BCUT2D eigenvalue weighted by Gasteiger charge is 2.37. The van der Waals surface area contributed by atoms with Crippen molar-refractivity contribution in [3.63, 3.8) is 0 Å². The summed E-state index contributed by atoms with van der Waals surface area (Å²) in [5.41, 5.74) is 0. The van der Waals surface area contributed by atoms with E-state index in [2.05, 4.69) is 26.6 Å². The zero-order valence-electron chi connectivity index (χ0n) is 9.48. The average Bonchev–Trinajstić information content (AvgIpc) is 3.06. The summed E-state index contributed by atoms with van der Waals surface area (Å²) >= 11 is 4.86. The fraction of sp³-hybridized carbons (Fsp3) is 0.455. The SMILES string of the molecule is O=C(NCc1cc(Br)cs1)NC(C(=O)O)C1CC1. The molecule has 0 spiro atoms. The second kappa shape index (κ2) is 5.71. The molecule has 18 heavy (non-hydrogen) atoms. The molecule has 0 radical (unpaired) electrons. The van der Waals surface area contributed by atoms with E-state index in [0.29, 0.717) is 6.54 Å². The molecule has 1 aliphatic rings. The fourth-order valence-electron chi connectivity index (χ4n) is 1.62. The van der Waals surface area contributed by atoms with Gasteiger partial charge in [0, 0.05) is 14.7 Å². The number of carboxylic acids is 1. The maximum atomic E-state index is 11.6. The summed E-state index contributed by atoms with van der Waals surface area (Å²) in [7, 11) is 0. The lowest BCUT2D eigenvalue weighted by Crippen LogP contribution is -2.46. The van der Waals surface area contributed by atoms with Gasteiger partial charge in [-0.1, -0.05) is 0 Å². The maximum absolute atomic E-state index is 11.6. The number of carbonyl (C=O) groups is 2. The molecule has 2 rings (SSSR count). The van der Waals surface area contributed by atoms with Gasteiger partial charge in [0.05, 0.1) is 6.54 Å². The molecule has 1 saturated carbocycles. The smallest absolute Gasteiger partial charge is 0.326 e. The van der Waals surface area contributed by atoms with Gasteiger partial charge in [-0.25, -0.2) is 9.59 Å². The third kappa shape index (κ3) is 3.71. The Morgan fingerprint density at radius 2 is 2.28 bits per heavy atom. The minimum absolute atomic E-state index is 0.0872. The van der Waals surface area contributed by atoms with Gasteiger partial charge in [0.25, 0.3) is 0 Å². The molecule has 0 aromatic carbocycles. The van der Waals surface area contributed by atoms with Crippen LogP contribution in [-0.2, 0) is 11.3 Å². The van der Waals surface area contributed by atoms with E-state index in [1.165, 1.54) is 11.3 Å². The van der Waals surface area contributed by atoms with Gasteiger partial charge >= 0.3 is 12.0 Å². The van der Waals surface area contributed by atoms with E-state index < -0.39 is 18.0 Å². The van der Waals surface area contributed by atoms with Gasteiger partial charge in [0.1, 0.15) is 6.04 Å². The highest BCUT2D eigenvalue weighted by Crippen LogP contribution is 2.32. The Kier molecular flexibility index (Phi) is 4.23. The summed E-state index contributed by atoms with van der Waals surface area (Å²) in [4.78, 5) is 23.5. The molecule has 98 valence electrons. The van der Waals surface area contributed by atoms with Crippen LogP contribution >= 0.6 is 27.3 Å². The number of amides is 2. The van der Waals surface area contributed by atoms with Crippen molar-refractivity contribution in [2.75, 3.05) is 0 Å². The van der Waals surface area contributed by atoms with Crippen LogP contribution in [0.3, 0.4) is 0 Å². The third-order valence-corrected chi connectivity index (χ3v) is 4.39. The Bertz CT molecular complexity index is 459. The molecule has 1 aliphatic carbocycles.